The molecule has 0 amide bonds. The van der Waals surface area contributed by atoms with Gasteiger partial charge in [-0.05, 0) is 37.5 Å². The first-order valence-corrected chi connectivity index (χ1v) is 8.51. The lowest BCUT2D eigenvalue weighted by Crippen LogP contribution is -2.02. The number of carbonyl (C=O) groups excluding carboxylic acids is 1. The number of aryl methyl sites for hydroxylation is 1. The molecular weight excluding hydrogens is 324 g/mol. The van der Waals surface area contributed by atoms with Gasteiger partial charge < -0.3 is 9.47 Å². The molecule has 24 heavy (non-hydrogen) atoms. The number of nitriles is 1. The van der Waals surface area contributed by atoms with Gasteiger partial charge in [0.05, 0.1) is 25.0 Å². The maximum Gasteiger partial charge on any atom is 0.349 e. The minimum Gasteiger partial charge on any atom is -0.492 e. The number of hydrogen-bond donors (Lipinski definition) is 0. The summed E-state index contributed by atoms with van der Waals surface area (Å²) >= 11 is 1.26. The van der Waals surface area contributed by atoms with Crippen molar-refractivity contribution < 1.29 is 14.3 Å². The molecule has 0 radical (unpaired) electrons. The molecule has 6 heteroatoms. The molecule has 5 nitrogen and oxygen atoms in total. The highest BCUT2D eigenvalue weighted by Crippen LogP contribution is 2.31. The van der Waals surface area contributed by atoms with Crippen LogP contribution in [0, 0.1) is 24.2 Å². The molecule has 0 aliphatic heterocycles. The van der Waals surface area contributed by atoms with Crippen LogP contribution in [-0.2, 0) is 4.74 Å². The van der Waals surface area contributed by atoms with Crippen molar-refractivity contribution in [1.82, 2.24) is 4.98 Å². The molecule has 0 fully saturated rings. The number of esters is 1. The van der Waals surface area contributed by atoms with Gasteiger partial charge in [0.1, 0.15) is 21.7 Å². The Labute approximate surface area is 145 Å². The summed E-state index contributed by atoms with van der Waals surface area (Å²) in [6.45, 7) is 6.60. The number of thiazole rings is 1. The van der Waals surface area contributed by atoms with Crippen molar-refractivity contribution in [2.75, 3.05) is 13.7 Å². The van der Waals surface area contributed by atoms with Crippen LogP contribution in [0.2, 0.25) is 0 Å². The molecule has 0 atom stereocenters. The second-order valence-corrected chi connectivity index (χ2v) is 6.78. The predicted molar refractivity (Wildman–Crippen MR) is 93.3 cm³/mol. The Hall–Kier alpha value is -2.39. The molecule has 0 saturated heterocycles. The fourth-order valence-electron chi connectivity index (χ4n) is 2.08. The van der Waals surface area contributed by atoms with Crippen LogP contribution in [0.3, 0.4) is 0 Å². The van der Waals surface area contributed by atoms with Crippen LogP contribution in [0.5, 0.6) is 5.75 Å². The van der Waals surface area contributed by atoms with E-state index in [4.69, 9.17) is 9.47 Å². The summed E-state index contributed by atoms with van der Waals surface area (Å²) in [4.78, 5) is 16.6. The van der Waals surface area contributed by atoms with Crippen LogP contribution in [0.25, 0.3) is 10.6 Å². The molecule has 0 bridgehead atoms. The van der Waals surface area contributed by atoms with Crippen molar-refractivity contribution in [1.29, 1.82) is 5.26 Å². The van der Waals surface area contributed by atoms with Crippen molar-refractivity contribution in [3.8, 4) is 22.4 Å². The number of ether oxygens (including phenoxy) is 2. The van der Waals surface area contributed by atoms with Crippen LogP contribution in [0.4, 0.5) is 0 Å². The zero-order chi connectivity index (χ0) is 17.7. The molecule has 0 saturated carbocycles. The van der Waals surface area contributed by atoms with E-state index in [0.717, 1.165) is 12.0 Å². The zero-order valence-electron chi connectivity index (χ0n) is 14.3. The molecule has 1 heterocycles. The number of hydrogen-bond acceptors (Lipinski definition) is 6. The summed E-state index contributed by atoms with van der Waals surface area (Å²) in [5, 5.41) is 10.0. The third-order valence-corrected chi connectivity index (χ3v) is 4.65. The smallest absolute Gasteiger partial charge is 0.349 e. The van der Waals surface area contributed by atoms with Crippen LogP contribution in [-0.4, -0.2) is 24.7 Å². The third kappa shape index (κ3) is 4.12. The Morgan fingerprint density at radius 2 is 2.17 bits per heavy atom. The van der Waals surface area contributed by atoms with E-state index in [9.17, 15) is 10.1 Å². The maximum absolute atomic E-state index is 11.7. The van der Waals surface area contributed by atoms with E-state index in [0.29, 0.717) is 39.4 Å². The summed E-state index contributed by atoms with van der Waals surface area (Å²) in [5.41, 5.74) is 1.87. The summed E-state index contributed by atoms with van der Waals surface area (Å²) in [7, 11) is 1.35. The molecule has 2 rings (SSSR count). The number of benzene rings is 1. The largest absolute Gasteiger partial charge is 0.492 e. The Morgan fingerprint density at radius 1 is 1.42 bits per heavy atom. The van der Waals surface area contributed by atoms with Gasteiger partial charge in [-0.3, -0.25) is 0 Å². The molecule has 0 spiro atoms. The minimum absolute atomic E-state index is 0.398. The van der Waals surface area contributed by atoms with E-state index in [1.807, 2.05) is 6.07 Å². The fraction of sp³-hybridized carbons (Fsp3) is 0.389. The van der Waals surface area contributed by atoms with Gasteiger partial charge in [-0.25, -0.2) is 9.78 Å². The summed E-state index contributed by atoms with van der Waals surface area (Å²) < 4.78 is 10.5. The highest BCUT2D eigenvalue weighted by molar-refractivity contribution is 7.17. The Balaban J connectivity index is 2.26. The molecule has 126 valence electrons. The van der Waals surface area contributed by atoms with E-state index < -0.39 is 5.97 Å². The second-order valence-electron chi connectivity index (χ2n) is 5.78. The highest BCUT2D eigenvalue weighted by atomic mass is 32.1. The lowest BCUT2D eigenvalue weighted by Gasteiger charge is -2.10. The van der Waals surface area contributed by atoms with E-state index in [1.165, 1.54) is 18.4 Å². The number of carbonyl (C=O) groups is 1. The van der Waals surface area contributed by atoms with Crippen molar-refractivity contribution in [2.24, 2.45) is 5.92 Å². The quantitative estimate of drug-likeness (QED) is 0.734. The maximum atomic E-state index is 11.7. The SMILES string of the molecule is COC(=O)c1sc(-c2ccc(OCCC(C)C)c(C#N)c2)nc1C. The normalized spacial score (nSPS) is 10.5. The molecule has 0 aliphatic carbocycles. The first-order chi connectivity index (χ1) is 11.5. The van der Waals surface area contributed by atoms with Gasteiger partial charge in [0.2, 0.25) is 0 Å². The number of aromatic nitrogens is 1. The Morgan fingerprint density at radius 3 is 2.79 bits per heavy atom. The van der Waals surface area contributed by atoms with Crippen LogP contribution >= 0.6 is 11.3 Å². The van der Waals surface area contributed by atoms with Crippen molar-refractivity contribution in [3.63, 3.8) is 0 Å². The number of rotatable bonds is 6. The molecular formula is C18H20N2O3S. The first-order valence-electron chi connectivity index (χ1n) is 7.69. The molecule has 2 aromatic rings. The van der Waals surface area contributed by atoms with Gasteiger partial charge in [-0.2, -0.15) is 5.26 Å². The van der Waals surface area contributed by atoms with Crippen LogP contribution in [0.1, 0.15) is 41.2 Å². The Kier molecular flexibility index (Phi) is 5.93. The minimum atomic E-state index is -0.398. The van der Waals surface area contributed by atoms with E-state index in [-0.39, 0.29) is 0 Å². The predicted octanol–water partition coefficient (Wildman–Crippen LogP) is 4.20. The first kappa shape index (κ1) is 18.0. The molecule has 0 unspecified atom stereocenters. The average Bonchev–Trinajstić information content (AvgIpc) is 2.95. The van der Waals surface area contributed by atoms with Gasteiger partial charge in [0, 0.05) is 5.56 Å². The zero-order valence-corrected chi connectivity index (χ0v) is 15.1. The van der Waals surface area contributed by atoms with Crippen molar-refractivity contribution in [3.05, 3.63) is 34.3 Å². The monoisotopic (exact) mass is 344 g/mol. The molecule has 0 N–H and O–H groups in total. The second kappa shape index (κ2) is 7.93. The number of methoxy groups -OCH3 is 1. The van der Waals surface area contributed by atoms with Crippen LogP contribution in [0.15, 0.2) is 18.2 Å². The number of nitrogens with zero attached hydrogens (tertiary/aromatic N) is 2. The Bertz CT molecular complexity index is 775. The van der Waals surface area contributed by atoms with Gasteiger partial charge >= 0.3 is 5.97 Å². The van der Waals surface area contributed by atoms with E-state index in [2.05, 4.69) is 24.9 Å². The third-order valence-electron chi connectivity index (χ3n) is 3.47. The summed E-state index contributed by atoms with van der Waals surface area (Å²) in [6, 6.07) is 7.53. The van der Waals surface area contributed by atoms with Gasteiger partial charge in [-0.15, -0.1) is 11.3 Å². The highest BCUT2D eigenvalue weighted by Gasteiger charge is 2.17. The average molecular weight is 344 g/mol. The van der Waals surface area contributed by atoms with Gasteiger partial charge in [0.25, 0.3) is 0 Å². The standard InChI is InChI=1S/C18H20N2O3S/c1-11(2)7-8-23-15-6-5-13(9-14(15)10-19)17-20-12(3)16(24-17)18(21)22-4/h5-6,9,11H,7-8H2,1-4H3. The topological polar surface area (TPSA) is 72.2 Å². The molecule has 0 aliphatic rings. The molecule has 1 aromatic heterocycles. The van der Waals surface area contributed by atoms with Crippen molar-refractivity contribution >= 4 is 17.3 Å². The lowest BCUT2D eigenvalue weighted by atomic mass is 10.1. The summed E-state index contributed by atoms with van der Waals surface area (Å²) in [5.74, 6) is 0.721. The van der Waals surface area contributed by atoms with Gasteiger partial charge in [0.15, 0.2) is 0 Å². The van der Waals surface area contributed by atoms with E-state index in [1.54, 1.807) is 19.1 Å². The molecule has 1 aromatic carbocycles. The van der Waals surface area contributed by atoms with Crippen molar-refractivity contribution in [2.45, 2.75) is 27.2 Å². The summed E-state index contributed by atoms with van der Waals surface area (Å²) in [6.07, 6.45) is 0.931. The fourth-order valence-corrected chi connectivity index (χ4v) is 3.06. The van der Waals surface area contributed by atoms with E-state index >= 15 is 0 Å². The lowest BCUT2D eigenvalue weighted by molar-refractivity contribution is 0.0605. The van der Waals surface area contributed by atoms with Gasteiger partial charge in [-0.1, -0.05) is 13.8 Å². The van der Waals surface area contributed by atoms with Crippen LogP contribution < -0.4 is 4.74 Å².